The highest BCUT2D eigenvalue weighted by Crippen LogP contribution is 2.30. The number of nitrogens with two attached hydrogens (primary N) is 2. The lowest BCUT2D eigenvalue weighted by Crippen LogP contribution is -2.24. The topological polar surface area (TPSA) is 134 Å². The van der Waals surface area contributed by atoms with Gasteiger partial charge in [0.1, 0.15) is 5.75 Å². The number of guanidine groups is 1. The predicted molar refractivity (Wildman–Crippen MR) is 116 cm³/mol. The van der Waals surface area contributed by atoms with E-state index in [9.17, 15) is 22.0 Å². The minimum absolute atomic E-state index is 0.0426. The summed E-state index contributed by atoms with van der Waals surface area (Å²) >= 11 is 0. The van der Waals surface area contributed by atoms with Crippen LogP contribution in [0.3, 0.4) is 0 Å². The van der Waals surface area contributed by atoms with Crippen molar-refractivity contribution in [2.45, 2.75) is 18.2 Å². The Bertz CT molecular complexity index is 1120. The Labute approximate surface area is 184 Å². The third kappa shape index (κ3) is 6.86. The number of halogens is 2. The van der Waals surface area contributed by atoms with E-state index in [1.54, 1.807) is 0 Å². The van der Waals surface area contributed by atoms with Crippen LogP contribution in [0.2, 0.25) is 0 Å². The summed E-state index contributed by atoms with van der Waals surface area (Å²) in [5.74, 6) is -3.94. The Balaban J connectivity index is 2.20. The molecule has 0 atom stereocenters. The van der Waals surface area contributed by atoms with Gasteiger partial charge in [-0.3, -0.25) is 4.79 Å². The molecule has 0 spiro atoms. The number of ether oxygens (including phenoxy) is 2. The number of carbonyl (C=O) groups is 1. The van der Waals surface area contributed by atoms with Gasteiger partial charge in [-0.05, 0) is 61.4 Å². The van der Waals surface area contributed by atoms with E-state index in [4.69, 9.17) is 20.9 Å². The van der Waals surface area contributed by atoms with E-state index in [1.165, 1.54) is 44.4 Å². The van der Waals surface area contributed by atoms with Crippen LogP contribution in [-0.4, -0.2) is 39.8 Å². The van der Waals surface area contributed by atoms with E-state index in [0.29, 0.717) is 13.0 Å². The Kier molecular flexibility index (Phi) is 8.44. The zero-order valence-corrected chi connectivity index (χ0v) is 18.3. The largest absolute Gasteiger partial charge is 0.451 e. The first-order valence-electron chi connectivity index (χ1n) is 9.34. The fraction of sp³-hybridized carbons (Fsp3) is 0.238. The van der Waals surface area contributed by atoms with Crippen molar-refractivity contribution in [3.63, 3.8) is 0 Å². The summed E-state index contributed by atoms with van der Waals surface area (Å²) in [5, 5.41) is 0. The molecule has 0 aliphatic heterocycles. The normalized spacial score (nSPS) is 11.8. The van der Waals surface area contributed by atoms with E-state index in [2.05, 4.69) is 4.99 Å². The van der Waals surface area contributed by atoms with Crippen molar-refractivity contribution in [1.82, 2.24) is 0 Å². The summed E-state index contributed by atoms with van der Waals surface area (Å²) in [6.07, 6.45) is 1.55. The van der Waals surface area contributed by atoms with Gasteiger partial charge in [0.15, 0.2) is 33.2 Å². The zero-order chi connectivity index (χ0) is 23.9. The molecule has 172 valence electrons. The smallest absolute Gasteiger partial charge is 0.275 e. The highest BCUT2D eigenvalue weighted by Gasteiger charge is 2.17. The van der Waals surface area contributed by atoms with Gasteiger partial charge in [-0.25, -0.2) is 17.2 Å². The third-order valence-corrected chi connectivity index (χ3v) is 5.95. The second-order valence-corrected chi connectivity index (χ2v) is 8.83. The lowest BCUT2D eigenvalue weighted by atomic mass is 10.1. The number of hydrogen-bond acceptors (Lipinski definition) is 5. The molecule has 11 heteroatoms. The van der Waals surface area contributed by atoms with Crippen LogP contribution in [0.4, 0.5) is 8.78 Å². The Morgan fingerprint density at radius 3 is 2.25 bits per heavy atom. The SMILES string of the molecule is COCCCS(=O)(=O)c1ccc(Oc2c(F)cc(/C=C(\C)C(=O)N=C(N)N)cc2F)cc1. The van der Waals surface area contributed by atoms with Crippen LogP contribution in [0.25, 0.3) is 6.08 Å². The molecule has 0 bridgehead atoms. The van der Waals surface area contributed by atoms with Crippen LogP contribution >= 0.6 is 0 Å². The second-order valence-electron chi connectivity index (χ2n) is 6.72. The molecule has 0 saturated heterocycles. The highest BCUT2D eigenvalue weighted by molar-refractivity contribution is 7.91. The number of carbonyl (C=O) groups excluding carboxylic acids is 1. The van der Waals surface area contributed by atoms with E-state index in [1.807, 2.05) is 0 Å². The average Bonchev–Trinajstić information content (AvgIpc) is 2.70. The van der Waals surface area contributed by atoms with Crippen molar-refractivity contribution in [2.75, 3.05) is 19.5 Å². The number of nitrogens with zero attached hydrogens (tertiary/aromatic N) is 1. The van der Waals surface area contributed by atoms with Gasteiger partial charge in [-0.1, -0.05) is 0 Å². The molecule has 2 aromatic carbocycles. The Morgan fingerprint density at radius 2 is 1.72 bits per heavy atom. The number of sulfone groups is 1. The first kappa shape index (κ1) is 25.0. The maximum absolute atomic E-state index is 14.4. The average molecular weight is 467 g/mol. The van der Waals surface area contributed by atoms with Gasteiger partial charge in [-0.2, -0.15) is 4.99 Å². The van der Waals surface area contributed by atoms with Crippen LogP contribution in [0.5, 0.6) is 11.5 Å². The van der Waals surface area contributed by atoms with E-state index in [-0.39, 0.29) is 27.5 Å². The van der Waals surface area contributed by atoms with Crippen LogP contribution in [0, 0.1) is 11.6 Å². The van der Waals surface area contributed by atoms with Crippen molar-refractivity contribution in [1.29, 1.82) is 0 Å². The molecule has 0 radical (unpaired) electrons. The fourth-order valence-corrected chi connectivity index (χ4v) is 3.91. The Morgan fingerprint density at radius 1 is 1.12 bits per heavy atom. The minimum Gasteiger partial charge on any atom is -0.451 e. The molecule has 0 aromatic heterocycles. The number of amides is 1. The summed E-state index contributed by atoms with van der Waals surface area (Å²) in [5.41, 5.74) is 10.4. The molecule has 0 aliphatic carbocycles. The minimum atomic E-state index is -3.51. The van der Waals surface area contributed by atoms with E-state index < -0.39 is 39.1 Å². The number of benzene rings is 2. The van der Waals surface area contributed by atoms with Crippen LogP contribution in [-0.2, 0) is 19.4 Å². The molecular weight excluding hydrogens is 444 g/mol. The molecule has 0 unspecified atom stereocenters. The van der Waals surface area contributed by atoms with Gasteiger partial charge in [-0.15, -0.1) is 0 Å². The molecular formula is C21H23F2N3O5S. The molecule has 32 heavy (non-hydrogen) atoms. The van der Waals surface area contributed by atoms with Crippen molar-refractivity contribution in [3.8, 4) is 11.5 Å². The van der Waals surface area contributed by atoms with Gasteiger partial charge >= 0.3 is 0 Å². The fourth-order valence-electron chi connectivity index (χ4n) is 2.62. The molecule has 0 fully saturated rings. The number of rotatable bonds is 9. The molecule has 0 saturated carbocycles. The lowest BCUT2D eigenvalue weighted by Gasteiger charge is -2.10. The van der Waals surface area contributed by atoms with Crippen molar-refractivity contribution in [2.24, 2.45) is 16.5 Å². The first-order valence-corrected chi connectivity index (χ1v) is 11.0. The molecule has 4 N–H and O–H groups in total. The van der Waals surface area contributed by atoms with Gasteiger partial charge in [0.25, 0.3) is 5.91 Å². The number of hydrogen-bond donors (Lipinski definition) is 2. The second kappa shape index (κ2) is 10.8. The molecule has 0 heterocycles. The molecule has 2 rings (SSSR count). The summed E-state index contributed by atoms with van der Waals surface area (Å²) in [7, 11) is -2.03. The quantitative estimate of drug-likeness (QED) is 0.251. The molecule has 2 aromatic rings. The monoisotopic (exact) mass is 467 g/mol. The molecule has 1 amide bonds. The number of aliphatic imine (C=N–C) groups is 1. The lowest BCUT2D eigenvalue weighted by molar-refractivity contribution is -0.114. The summed E-state index contributed by atoms with van der Waals surface area (Å²) in [6, 6.07) is 7.13. The summed E-state index contributed by atoms with van der Waals surface area (Å²) in [4.78, 5) is 15.1. The van der Waals surface area contributed by atoms with Crippen LogP contribution in [0.15, 0.2) is 51.9 Å². The van der Waals surface area contributed by atoms with Crippen molar-refractivity contribution < 1.29 is 31.5 Å². The van der Waals surface area contributed by atoms with Crippen LogP contribution < -0.4 is 16.2 Å². The third-order valence-electron chi connectivity index (χ3n) is 4.14. The summed E-state index contributed by atoms with van der Waals surface area (Å²) < 4.78 is 63.5. The van der Waals surface area contributed by atoms with Gasteiger partial charge in [0.2, 0.25) is 0 Å². The first-order chi connectivity index (χ1) is 15.0. The van der Waals surface area contributed by atoms with E-state index >= 15 is 0 Å². The predicted octanol–water partition coefficient (Wildman–Crippen LogP) is 2.77. The van der Waals surface area contributed by atoms with Crippen molar-refractivity contribution >= 4 is 27.8 Å². The van der Waals surface area contributed by atoms with Crippen LogP contribution in [0.1, 0.15) is 18.9 Å². The maximum atomic E-state index is 14.4. The van der Waals surface area contributed by atoms with E-state index in [0.717, 1.165) is 12.1 Å². The molecule has 0 aliphatic rings. The van der Waals surface area contributed by atoms with Gasteiger partial charge in [0.05, 0.1) is 10.6 Å². The van der Waals surface area contributed by atoms with Gasteiger partial charge < -0.3 is 20.9 Å². The highest BCUT2D eigenvalue weighted by atomic mass is 32.2. The molecule has 8 nitrogen and oxygen atoms in total. The summed E-state index contributed by atoms with van der Waals surface area (Å²) in [6.45, 7) is 1.70. The maximum Gasteiger partial charge on any atom is 0.275 e. The standard InChI is InChI=1S/C21H23F2N3O5S/c1-13(20(27)26-21(24)25)10-14-11-17(22)19(18(23)12-14)31-15-4-6-16(7-5-15)32(28,29)9-3-8-30-2/h4-7,10-12H,3,8-9H2,1-2H3,(H4,24,25,26,27)/b13-10+. The van der Waals surface area contributed by atoms with Gasteiger partial charge in [0, 0.05) is 19.3 Å². The zero-order valence-electron chi connectivity index (χ0n) is 17.5. The van der Waals surface area contributed by atoms with Crippen molar-refractivity contribution in [3.05, 3.63) is 59.2 Å². The number of methoxy groups -OCH3 is 1. The Hall–Kier alpha value is -3.31.